The number of rotatable bonds is 3. The minimum absolute atomic E-state index is 0.313. The van der Waals surface area contributed by atoms with Crippen molar-refractivity contribution in [1.82, 2.24) is 0 Å². The Morgan fingerprint density at radius 3 is 2.89 bits per heavy atom. The molecule has 1 aromatic carbocycles. The maximum Gasteiger partial charge on any atom is 0.251 e. The minimum Gasteiger partial charge on any atom is -0.618 e. The quantitative estimate of drug-likeness (QED) is 0.484. The van der Waals surface area contributed by atoms with E-state index in [1.54, 1.807) is 18.2 Å². The molecule has 0 aliphatic heterocycles. The Balaban J connectivity index is 2.16. The zero-order valence-corrected chi connectivity index (χ0v) is 10.2. The fourth-order valence-corrected chi connectivity index (χ4v) is 2.32. The van der Waals surface area contributed by atoms with Crippen molar-refractivity contribution in [3.63, 3.8) is 0 Å². The Morgan fingerprint density at radius 1 is 1.33 bits per heavy atom. The van der Waals surface area contributed by atoms with Crippen LogP contribution >= 0.6 is 11.8 Å². The summed E-state index contributed by atoms with van der Waals surface area (Å²) >= 11 is 1.23. The number of thioether (sulfide) groups is 1. The van der Waals surface area contributed by atoms with Crippen LogP contribution in [-0.2, 0) is 5.75 Å². The Labute approximate surface area is 108 Å². The van der Waals surface area contributed by atoms with E-state index >= 15 is 0 Å². The molecule has 0 radical (unpaired) electrons. The maximum absolute atomic E-state index is 13.5. The number of nitrogens with zero attached hydrogens (tertiary/aromatic N) is 2. The molecule has 0 fully saturated rings. The van der Waals surface area contributed by atoms with E-state index < -0.39 is 0 Å². The highest BCUT2D eigenvalue weighted by Gasteiger charge is 2.08. The first kappa shape index (κ1) is 12.4. The number of hydrogen-bond donors (Lipinski definition) is 0. The van der Waals surface area contributed by atoms with Crippen LogP contribution < -0.4 is 4.73 Å². The number of pyridine rings is 1. The summed E-state index contributed by atoms with van der Waals surface area (Å²) in [6.07, 6.45) is 1.39. The second-order valence-electron chi connectivity index (χ2n) is 3.57. The van der Waals surface area contributed by atoms with Gasteiger partial charge >= 0.3 is 0 Å². The van der Waals surface area contributed by atoms with Crippen molar-refractivity contribution in [3.05, 3.63) is 64.7 Å². The summed E-state index contributed by atoms with van der Waals surface area (Å²) < 4.78 is 14.2. The SMILES string of the molecule is N#Cc1ccc(F)c(CSc2cccc[n+]2[O-])c1. The van der Waals surface area contributed by atoms with Gasteiger partial charge in [-0.2, -0.15) is 9.99 Å². The van der Waals surface area contributed by atoms with Crippen LogP contribution in [0.1, 0.15) is 11.1 Å². The average molecular weight is 260 g/mol. The number of halogens is 1. The van der Waals surface area contributed by atoms with E-state index in [1.807, 2.05) is 6.07 Å². The van der Waals surface area contributed by atoms with E-state index in [0.29, 0.717) is 21.9 Å². The molecule has 0 spiro atoms. The molecule has 5 heteroatoms. The van der Waals surface area contributed by atoms with Crippen LogP contribution in [0.4, 0.5) is 4.39 Å². The molecule has 0 N–H and O–H groups in total. The summed E-state index contributed by atoms with van der Waals surface area (Å²) in [7, 11) is 0. The van der Waals surface area contributed by atoms with E-state index in [-0.39, 0.29) is 5.82 Å². The highest BCUT2D eigenvalue weighted by Crippen LogP contribution is 2.21. The van der Waals surface area contributed by atoms with Gasteiger partial charge in [0, 0.05) is 17.9 Å². The molecule has 90 valence electrons. The maximum atomic E-state index is 13.5. The number of aromatic nitrogens is 1. The Morgan fingerprint density at radius 2 is 2.17 bits per heavy atom. The monoisotopic (exact) mass is 260 g/mol. The molecule has 3 nitrogen and oxygen atoms in total. The third-order valence-corrected chi connectivity index (χ3v) is 3.41. The van der Waals surface area contributed by atoms with Crippen LogP contribution in [0.25, 0.3) is 0 Å². The smallest absolute Gasteiger partial charge is 0.251 e. The fourth-order valence-electron chi connectivity index (χ4n) is 1.43. The number of benzene rings is 1. The van der Waals surface area contributed by atoms with Crippen LogP contribution in [0, 0.1) is 22.4 Å². The van der Waals surface area contributed by atoms with Crippen molar-refractivity contribution in [2.75, 3.05) is 0 Å². The van der Waals surface area contributed by atoms with Crippen molar-refractivity contribution in [3.8, 4) is 6.07 Å². The van der Waals surface area contributed by atoms with Gasteiger partial charge in [0.05, 0.1) is 11.6 Å². The lowest BCUT2D eigenvalue weighted by Crippen LogP contribution is -2.27. The highest BCUT2D eigenvalue weighted by atomic mass is 32.2. The summed E-state index contributed by atoms with van der Waals surface area (Å²) in [6, 6.07) is 11.2. The van der Waals surface area contributed by atoms with Crippen molar-refractivity contribution in [2.45, 2.75) is 10.8 Å². The summed E-state index contributed by atoms with van der Waals surface area (Å²) in [5.41, 5.74) is 0.831. The predicted octanol–water partition coefficient (Wildman–Crippen LogP) is 2.62. The lowest BCUT2D eigenvalue weighted by Gasteiger charge is -2.04. The second kappa shape index (κ2) is 5.52. The van der Waals surface area contributed by atoms with E-state index in [1.165, 1.54) is 36.2 Å². The van der Waals surface area contributed by atoms with Gasteiger partial charge in [-0.1, -0.05) is 11.8 Å². The van der Waals surface area contributed by atoms with Gasteiger partial charge in [-0.05, 0) is 29.8 Å². The molecule has 1 aromatic heterocycles. The first-order valence-corrected chi connectivity index (χ1v) is 6.19. The summed E-state index contributed by atoms with van der Waals surface area (Å²) in [6.45, 7) is 0. The van der Waals surface area contributed by atoms with Gasteiger partial charge in [0.25, 0.3) is 5.03 Å². The molecule has 1 heterocycles. The molecule has 0 aliphatic carbocycles. The van der Waals surface area contributed by atoms with Crippen molar-refractivity contribution in [2.24, 2.45) is 0 Å². The molecule has 0 bridgehead atoms. The van der Waals surface area contributed by atoms with Gasteiger partial charge < -0.3 is 5.21 Å². The normalized spacial score (nSPS) is 10.0. The Kier molecular flexibility index (Phi) is 3.80. The van der Waals surface area contributed by atoms with Gasteiger partial charge in [0.15, 0.2) is 6.20 Å². The predicted molar refractivity (Wildman–Crippen MR) is 66.1 cm³/mol. The van der Waals surface area contributed by atoms with Crippen LogP contribution in [0.15, 0.2) is 47.6 Å². The third kappa shape index (κ3) is 2.79. The van der Waals surface area contributed by atoms with Crippen molar-refractivity contribution < 1.29 is 9.12 Å². The van der Waals surface area contributed by atoms with E-state index in [2.05, 4.69) is 0 Å². The first-order valence-electron chi connectivity index (χ1n) is 5.20. The summed E-state index contributed by atoms with van der Waals surface area (Å²) in [5.74, 6) is -0.0527. The second-order valence-corrected chi connectivity index (χ2v) is 4.57. The molecule has 2 aromatic rings. The molecule has 0 aliphatic rings. The van der Waals surface area contributed by atoms with Gasteiger partial charge in [0.1, 0.15) is 5.82 Å². The molecule has 0 amide bonds. The number of nitriles is 1. The van der Waals surface area contributed by atoms with Crippen LogP contribution in [0.2, 0.25) is 0 Å². The van der Waals surface area contributed by atoms with Crippen molar-refractivity contribution >= 4 is 11.8 Å². The Bertz CT molecular complexity index is 610. The van der Waals surface area contributed by atoms with E-state index in [0.717, 1.165) is 4.73 Å². The Hall–Kier alpha value is -2.06. The molecule has 0 unspecified atom stereocenters. The summed E-state index contributed by atoms with van der Waals surface area (Å²) in [4.78, 5) is 0. The topological polar surface area (TPSA) is 50.7 Å². The van der Waals surface area contributed by atoms with Crippen LogP contribution in [0.5, 0.6) is 0 Å². The molecule has 0 saturated carbocycles. The zero-order chi connectivity index (χ0) is 13.0. The lowest BCUT2D eigenvalue weighted by atomic mass is 10.1. The molecule has 0 saturated heterocycles. The largest absolute Gasteiger partial charge is 0.618 e. The number of hydrogen-bond acceptors (Lipinski definition) is 3. The first-order chi connectivity index (χ1) is 8.70. The lowest BCUT2D eigenvalue weighted by molar-refractivity contribution is -0.645. The van der Waals surface area contributed by atoms with Gasteiger partial charge in [-0.25, -0.2) is 4.39 Å². The molecular formula is C13H9FN2OS. The molecule has 0 atom stereocenters. The van der Waals surface area contributed by atoms with E-state index in [9.17, 15) is 9.60 Å². The van der Waals surface area contributed by atoms with Crippen molar-refractivity contribution in [1.29, 1.82) is 5.26 Å². The van der Waals surface area contributed by atoms with Crippen LogP contribution in [-0.4, -0.2) is 0 Å². The van der Waals surface area contributed by atoms with Gasteiger partial charge in [0.2, 0.25) is 0 Å². The van der Waals surface area contributed by atoms with Gasteiger partial charge in [-0.15, -0.1) is 0 Å². The highest BCUT2D eigenvalue weighted by molar-refractivity contribution is 7.98. The standard InChI is InChI=1S/C13H9FN2OS/c14-12-5-4-10(8-15)7-11(12)9-18-13-3-1-2-6-16(13)17/h1-7H,9H2. The molecular weight excluding hydrogens is 251 g/mol. The van der Waals surface area contributed by atoms with E-state index in [4.69, 9.17) is 5.26 Å². The minimum atomic E-state index is -0.366. The molecule has 18 heavy (non-hydrogen) atoms. The summed E-state index contributed by atoms with van der Waals surface area (Å²) in [5, 5.41) is 20.6. The fraction of sp³-hybridized carbons (Fsp3) is 0.0769. The third-order valence-electron chi connectivity index (χ3n) is 2.34. The molecule has 2 rings (SSSR count). The zero-order valence-electron chi connectivity index (χ0n) is 9.34. The van der Waals surface area contributed by atoms with Crippen LogP contribution in [0.3, 0.4) is 0 Å². The van der Waals surface area contributed by atoms with Gasteiger partial charge in [-0.3, -0.25) is 0 Å². The average Bonchev–Trinajstić information content (AvgIpc) is 2.39.